The molecule has 1 aliphatic carbocycles. The van der Waals surface area contributed by atoms with Gasteiger partial charge in [-0.15, -0.1) is 0 Å². The van der Waals surface area contributed by atoms with E-state index in [1.807, 2.05) is 6.07 Å². The Hall–Kier alpha value is -3.08. The molecular formula is C18H14O5. The highest BCUT2D eigenvalue weighted by atomic mass is 16.5. The van der Waals surface area contributed by atoms with Crippen LogP contribution in [0.4, 0.5) is 0 Å². The number of Topliss-reactive ketones (excluding diaryl/α,β-unsaturated/α-hetero) is 2. The summed E-state index contributed by atoms with van der Waals surface area (Å²) < 4.78 is 10.2. The molecule has 0 heterocycles. The molecule has 23 heavy (non-hydrogen) atoms. The van der Waals surface area contributed by atoms with Crippen LogP contribution >= 0.6 is 0 Å². The Balaban J connectivity index is 2.29. The Labute approximate surface area is 132 Å². The van der Waals surface area contributed by atoms with Crippen LogP contribution in [0.5, 0.6) is 11.5 Å². The van der Waals surface area contributed by atoms with E-state index in [9.17, 15) is 14.7 Å². The lowest BCUT2D eigenvalue weighted by molar-refractivity contribution is 0.0921. The number of hydrogen-bond acceptors (Lipinski definition) is 5. The topological polar surface area (TPSA) is 72.8 Å². The van der Waals surface area contributed by atoms with Crippen molar-refractivity contribution in [2.24, 2.45) is 0 Å². The van der Waals surface area contributed by atoms with E-state index in [2.05, 4.69) is 0 Å². The highest BCUT2D eigenvalue weighted by Gasteiger charge is 2.36. The molecule has 0 radical (unpaired) electrons. The van der Waals surface area contributed by atoms with Gasteiger partial charge in [-0.05, 0) is 11.6 Å². The minimum Gasteiger partial charge on any atom is -0.507 e. The van der Waals surface area contributed by atoms with Crippen molar-refractivity contribution >= 4 is 17.1 Å². The van der Waals surface area contributed by atoms with Gasteiger partial charge in [0.2, 0.25) is 5.78 Å². The molecule has 0 saturated heterocycles. The number of carbonyl (C=O) groups excluding carboxylic acids is 2. The predicted molar refractivity (Wildman–Crippen MR) is 83.7 cm³/mol. The lowest BCUT2D eigenvalue weighted by Crippen LogP contribution is -2.22. The molecular weight excluding hydrogens is 296 g/mol. The summed E-state index contributed by atoms with van der Waals surface area (Å²) in [6.45, 7) is 0. The zero-order valence-corrected chi connectivity index (χ0v) is 12.6. The van der Waals surface area contributed by atoms with Crippen LogP contribution in [0, 0.1) is 0 Å². The van der Waals surface area contributed by atoms with Crippen LogP contribution in [-0.4, -0.2) is 30.9 Å². The van der Waals surface area contributed by atoms with Gasteiger partial charge < -0.3 is 14.6 Å². The van der Waals surface area contributed by atoms with E-state index in [1.54, 1.807) is 24.3 Å². The van der Waals surface area contributed by atoms with Gasteiger partial charge in [-0.2, -0.15) is 0 Å². The van der Waals surface area contributed by atoms with Gasteiger partial charge in [0.25, 0.3) is 0 Å². The molecule has 0 bridgehead atoms. The molecule has 0 amide bonds. The Morgan fingerprint density at radius 1 is 0.913 bits per heavy atom. The summed E-state index contributed by atoms with van der Waals surface area (Å²) in [4.78, 5) is 25.6. The first kappa shape index (κ1) is 14.8. The fourth-order valence-electron chi connectivity index (χ4n) is 2.66. The summed E-state index contributed by atoms with van der Waals surface area (Å²) in [6, 6.07) is 11.6. The summed E-state index contributed by atoms with van der Waals surface area (Å²) in [5, 5.41) is 10.1. The van der Waals surface area contributed by atoms with E-state index in [4.69, 9.17) is 9.47 Å². The molecule has 0 aliphatic heterocycles. The maximum Gasteiger partial charge on any atom is 0.232 e. The van der Waals surface area contributed by atoms with E-state index in [1.165, 1.54) is 26.4 Å². The number of fused-ring (bicyclic) bond motifs is 1. The van der Waals surface area contributed by atoms with Crippen molar-refractivity contribution in [2.45, 2.75) is 0 Å². The van der Waals surface area contributed by atoms with Crippen LogP contribution in [0.2, 0.25) is 0 Å². The number of phenols is 1. The lowest BCUT2D eigenvalue weighted by atomic mass is 9.84. The second kappa shape index (κ2) is 5.61. The summed E-state index contributed by atoms with van der Waals surface area (Å²) in [6.07, 6.45) is 0. The second-order valence-electron chi connectivity index (χ2n) is 5.00. The van der Waals surface area contributed by atoms with E-state index in [-0.39, 0.29) is 28.2 Å². The van der Waals surface area contributed by atoms with Crippen molar-refractivity contribution in [3.63, 3.8) is 0 Å². The Morgan fingerprint density at radius 2 is 1.61 bits per heavy atom. The van der Waals surface area contributed by atoms with E-state index >= 15 is 0 Å². The van der Waals surface area contributed by atoms with Gasteiger partial charge in [-0.3, -0.25) is 9.59 Å². The van der Waals surface area contributed by atoms with Crippen LogP contribution in [0.15, 0.2) is 48.2 Å². The van der Waals surface area contributed by atoms with Crippen LogP contribution in [0.3, 0.4) is 0 Å². The fourth-order valence-corrected chi connectivity index (χ4v) is 2.66. The largest absolute Gasteiger partial charge is 0.507 e. The number of ketones is 2. The van der Waals surface area contributed by atoms with Crippen LogP contribution < -0.4 is 4.74 Å². The Bertz CT molecular complexity index is 834. The van der Waals surface area contributed by atoms with Gasteiger partial charge in [-0.1, -0.05) is 30.3 Å². The molecule has 0 fully saturated rings. The van der Waals surface area contributed by atoms with Crippen molar-refractivity contribution in [2.75, 3.05) is 14.2 Å². The SMILES string of the molecule is COC1=C(c2ccccc2)C(=O)c2cc(OC)cc(O)c2C1=O. The van der Waals surface area contributed by atoms with Gasteiger partial charge in [0.15, 0.2) is 11.5 Å². The van der Waals surface area contributed by atoms with Crippen LogP contribution in [-0.2, 0) is 4.74 Å². The Kier molecular flexibility index (Phi) is 3.62. The average Bonchev–Trinajstić information content (AvgIpc) is 2.57. The minimum absolute atomic E-state index is 0.0627. The average molecular weight is 310 g/mol. The lowest BCUT2D eigenvalue weighted by Gasteiger charge is -2.21. The van der Waals surface area contributed by atoms with Gasteiger partial charge >= 0.3 is 0 Å². The van der Waals surface area contributed by atoms with Crippen molar-refractivity contribution < 1.29 is 24.2 Å². The number of aromatic hydroxyl groups is 1. The third kappa shape index (κ3) is 2.26. The number of phenolic OH excluding ortho intramolecular Hbond substituents is 1. The molecule has 0 spiro atoms. The molecule has 2 aromatic carbocycles. The molecule has 2 aromatic rings. The van der Waals surface area contributed by atoms with Crippen molar-refractivity contribution in [3.05, 3.63) is 64.9 Å². The zero-order chi connectivity index (χ0) is 16.6. The van der Waals surface area contributed by atoms with Crippen LogP contribution in [0.25, 0.3) is 5.57 Å². The van der Waals surface area contributed by atoms with Gasteiger partial charge in [-0.25, -0.2) is 0 Å². The molecule has 116 valence electrons. The van der Waals surface area contributed by atoms with E-state index < -0.39 is 11.6 Å². The molecule has 0 atom stereocenters. The number of allylic oxidation sites excluding steroid dienone is 2. The van der Waals surface area contributed by atoms with Crippen molar-refractivity contribution in [1.29, 1.82) is 0 Å². The fraction of sp³-hybridized carbons (Fsp3) is 0.111. The minimum atomic E-state index is -0.527. The first-order valence-electron chi connectivity index (χ1n) is 6.92. The number of methoxy groups -OCH3 is 2. The highest BCUT2D eigenvalue weighted by Crippen LogP contribution is 2.38. The summed E-state index contributed by atoms with van der Waals surface area (Å²) >= 11 is 0. The molecule has 0 saturated carbocycles. The molecule has 5 heteroatoms. The van der Waals surface area contributed by atoms with Gasteiger partial charge in [0.1, 0.15) is 11.5 Å². The van der Waals surface area contributed by atoms with Crippen LogP contribution in [0.1, 0.15) is 26.3 Å². The molecule has 0 aromatic heterocycles. The molecule has 3 rings (SSSR count). The zero-order valence-electron chi connectivity index (χ0n) is 12.6. The maximum absolute atomic E-state index is 12.9. The number of benzene rings is 2. The Morgan fingerprint density at radius 3 is 2.22 bits per heavy atom. The number of rotatable bonds is 3. The quantitative estimate of drug-likeness (QED) is 0.943. The predicted octanol–water partition coefficient (Wildman–Crippen LogP) is 2.84. The van der Waals surface area contributed by atoms with Crippen molar-refractivity contribution in [3.8, 4) is 11.5 Å². The smallest absolute Gasteiger partial charge is 0.232 e. The second-order valence-corrected chi connectivity index (χ2v) is 5.00. The summed E-state index contributed by atoms with van der Waals surface area (Å²) in [7, 11) is 2.75. The summed E-state index contributed by atoms with van der Waals surface area (Å²) in [5.74, 6) is -0.998. The molecule has 1 N–H and O–H groups in total. The van der Waals surface area contributed by atoms with Crippen molar-refractivity contribution in [1.82, 2.24) is 0 Å². The van der Waals surface area contributed by atoms with Gasteiger partial charge in [0, 0.05) is 11.6 Å². The third-order valence-corrected chi connectivity index (χ3v) is 3.73. The van der Waals surface area contributed by atoms with E-state index in [0.29, 0.717) is 11.3 Å². The monoisotopic (exact) mass is 310 g/mol. The third-order valence-electron chi connectivity index (χ3n) is 3.73. The molecule has 1 aliphatic rings. The highest BCUT2D eigenvalue weighted by molar-refractivity contribution is 6.40. The van der Waals surface area contributed by atoms with Gasteiger partial charge in [0.05, 0.1) is 25.4 Å². The first-order valence-corrected chi connectivity index (χ1v) is 6.92. The maximum atomic E-state index is 12.9. The first-order chi connectivity index (χ1) is 11.1. The summed E-state index contributed by atoms with van der Waals surface area (Å²) in [5.41, 5.74) is 0.799. The number of hydrogen-bond donors (Lipinski definition) is 1. The van der Waals surface area contributed by atoms with E-state index in [0.717, 1.165) is 0 Å². The molecule has 0 unspecified atom stereocenters. The molecule has 5 nitrogen and oxygen atoms in total. The number of carbonyl (C=O) groups is 2. The number of ether oxygens (including phenoxy) is 2. The normalized spacial score (nSPS) is 13.8. The standard InChI is InChI=1S/C18H14O5/c1-22-11-8-12-15(13(19)9-11)17(21)18(23-2)14(16(12)20)10-6-4-3-5-7-10/h3-9,19H,1-2H3.